The number of nitrogens with zero attached hydrogens (tertiary/aromatic N) is 3. The van der Waals surface area contributed by atoms with Gasteiger partial charge in [0.15, 0.2) is 0 Å². The van der Waals surface area contributed by atoms with Crippen LogP contribution in [0, 0.1) is 0 Å². The van der Waals surface area contributed by atoms with E-state index in [0.717, 1.165) is 43.9 Å². The van der Waals surface area contributed by atoms with Crippen LogP contribution in [0.15, 0.2) is 41.5 Å². The maximum Gasteiger partial charge on any atom is 0.228 e. The Balaban J connectivity index is 1.48. The third-order valence-electron chi connectivity index (χ3n) is 4.20. The summed E-state index contributed by atoms with van der Waals surface area (Å²) in [4.78, 5) is 14.3. The second kappa shape index (κ2) is 7.71. The highest BCUT2D eigenvalue weighted by Crippen LogP contribution is 2.22. The number of halogens is 1. The Hall–Kier alpha value is -2.01. The van der Waals surface area contributed by atoms with E-state index in [2.05, 4.69) is 5.10 Å². The summed E-state index contributed by atoms with van der Waals surface area (Å²) in [7, 11) is 1.91. The Morgan fingerprint density at radius 3 is 2.88 bits per heavy atom. The van der Waals surface area contributed by atoms with Gasteiger partial charge >= 0.3 is 0 Å². The molecule has 0 N–H and O–H groups in total. The van der Waals surface area contributed by atoms with E-state index in [4.69, 9.17) is 16.3 Å². The van der Waals surface area contributed by atoms with Gasteiger partial charge in [-0.1, -0.05) is 23.7 Å². The van der Waals surface area contributed by atoms with Crippen LogP contribution in [-0.4, -0.2) is 54.3 Å². The maximum atomic E-state index is 12.4. The number of hydrogen-bond acceptors (Lipinski definition) is 4. The minimum Gasteiger partial charge on any atom is -0.490 e. The number of hydrogen-bond donors (Lipinski definition) is 0. The summed E-state index contributed by atoms with van der Waals surface area (Å²) in [6.45, 7) is 2.23. The van der Waals surface area contributed by atoms with Gasteiger partial charge in [-0.05, 0) is 24.3 Å². The molecule has 2 aliphatic rings. The van der Waals surface area contributed by atoms with E-state index in [1.54, 1.807) is 0 Å². The Bertz CT molecular complexity index is 651. The Labute approximate surface area is 147 Å². The van der Waals surface area contributed by atoms with Crippen molar-refractivity contribution < 1.29 is 9.53 Å². The third kappa shape index (κ3) is 4.51. The molecule has 5 nitrogen and oxygen atoms in total. The van der Waals surface area contributed by atoms with Gasteiger partial charge in [0.1, 0.15) is 11.9 Å². The molecule has 1 aromatic rings. The number of rotatable bonds is 4. The lowest BCUT2D eigenvalue weighted by atomic mass is 10.1. The minimum absolute atomic E-state index is 0.130. The fourth-order valence-corrected chi connectivity index (χ4v) is 3.13. The van der Waals surface area contributed by atoms with Gasteiger partial charge in [0, 0.05) is 38.0 Å². The molecule has 0 atom stereocenters. The van der Waals surface area contributed by atoms with Crippen LogP contribution in [0.25, 0.3) is 0 Å². The van der Waals surface area contributed by atoms with Crippen molar-refractivity contribution in [2.75, 3.05) is 26.7 Å². The number of likely N-dealkylation sites (N-methyl/N-ethyl adjacent to an activating group) is 1. The molecule has 1 saturated heterocycles. The van der Waals surface area contributed by atoms with Crippen LogP contribution in [-0.2, 0) is 4.79 Å². The molecule has 1 fully saturated rings. The average molecular weight is 348 g/mol. The molecule has 0 saturated carbocycles. The Kier molecular flexibility index (Phi) is 5.41. The predicted molar refractivity (Wildman–Crippen MR) is 95.5 cm³/mol. The molecule has 0 radical (unpaired) electrons. The number of likely N-dealkylation sites (tertiary alicyclic amines) is 1. The molecule has 1 aromatic carbocycles. The molecule has 3 rings (SSSR count). The number of hydrazone groups is 1. The first-order chi connectivity index (χ1) is 11.6. The van der Waals surface area contributed by atoms with Crippen molar-refractivity contribution in [1.82, 2.24) is 9.91 Å². The van der Waals surface area contributed by atoms with Gasteiger partial charge in [-0.2, -0.15) is 5.10 Å². The monoisotopic (exact) mass is 347 g/mol. The third-order valence-corrected chi connectivity index (χ3v) is 4.44. The Morgan fingerprint density at radius 2 is 2.17 bits per heavy atom. The fraction of sp³-hybridized carbons (Fsp3) is 0.444. The van der Waals surface area contributed by atoms with Crippen molar-refractivity contribution in [3.63, 3.8) is 0 Å². The molecule has 24 heavy (non-hydrogen) atoms. The summed E-state index contributed by atoms with van der Waals surface area (Å²) >= 11 is 5.98. The largest absolute Gasteiger partial charge is 0.490 e. The number of piperidine rings is 1. The summed E-state index contributed by atoms with van der Waals surface area (Å²) in [6.07, 6.45) is 6.13. The first-order valence-corrected chi connectivity index (χ1v) is 8.63. The van der Waals surface area contributed by atoms with E-state index < -0.39 is 0 Å². The summed E-state index contributed by atoms with van der Waals surface area (Å²) < 4.78 is 5.96. The average Bonchev–Trinajstić information content (AvgIpc) is 2.55. The van der Waals surface area contributed by atoms with E-state index in [-0.39, 0.29) is 12.0 Å². The van der Waals surface area contributed by atoms with Crippen LogP contribution in [0.3, 0.4) is 0 Å². The van der Waals surface area contributed by atoms with Crippen molar-refractivity contribution >= 4 is 23.2 Å². The molecule has 6 heteroatoms. The lowest BCUT2D eigenvalue weighted by molar-refractivity contribution is -0.131. The fourth-order valence-electron chi connectivity index (χ4n) is 2.95. The van der Waals surface area contributed by atoms with Crippen LogP contribution in [0.4, 0.5) is 0 Å². The molecular weight excluding hydrogens is 326 g/mol. The number of carbonyl (C=O) groups excluding carboxylic acids is 1. The van der Waals surface area contributed by atoms with Gasteiger partial charge in [0.05, 0.1) is 18.7 Å². The number of allylic oxidation sites excluding steroid dienone is 1. The topological polar surface area (TPSA) is 45.1 Å². The quantitative estimate of drug-likeness (QED) is 0.841. The van der Waals surface area contributed by atoms with Crippen molar-refractivity contribution in [3.05, 3.63) is 41.4 Å². The van der Waals surface area contributed by atoms with Crippen LogP contribution < -0.4 is 4.74 Å². The molecule has 2 aliphatic heterocycles. The first-order valence-electron chi connectivity index (χ1n) is 8.25. The van der Waals surface area contributed by atoms with E-state index >= 15 is 0 Å². The molecule has 0 aromatic heterocycles. The molecule has 2 heterocycles. The predicted octanol–water partition coefficient (Wildman–Crippen LogP) is 2.96. The van der Waals surface area contributed by atoms with Crippen LogP contribution >= 0.6 is 11.6 Å². The molecule has 1 amide bonds. The first kappa shape index (κ1) is 16.8. The zero-order valence-corrected chi connectivity index (χ0v) is 14.6. The standard InChI is InChI=1S/C18H22ClN3O2/c1-21-9-3-5-15(20-21)13-18(23)22-10-7-16(8-11-22)24-17-6-2-4-14(19)12-17/h2-6,12,16H,7-11,13H2,1H3. The summed E-state index contributed by atoms with van der Waals surface area (Å²) in [5.74, 6) is 0.923. The molecule has 0 bridgehead atoms. The van der Waals surface area contributed by atoms with E-state index in [9.17, 15) is 4.79 Å². The zero-order chi connectivity index (χ0) is 16.9. The highest BCUT2D eigenvalue weighted by atomic mass is 35.5. The summed E-state index contributed by atoms with van der Waals surface area (Å²) in [5, 5.41) is 6.89. The van der Waals surface area contributed by atoms with E-state index in [0.29, 0.717) is 11.4 Å². The number of amides is 1. The van der Waals surface area contributed by atoms with Gasteiger partial charge in [0.2, 0.25) is 5.91 Å². The van der Waals surface area contributed by atoms with Gasteiger partial charge in [0.25, 0.3) is 0 Å². The molecule has 0 unspecified atom stereocenters. The summed E-state index contributed by atoms with van der Waals surface area (Å²) in [6, 6.07) is 7.44. The maximum absolute atomic E-state index is 12.4. The SMILES string of the molecule is CN1CC=CC(CC(=O)N2CCC(Oc3cccc(Cl)c3)CC2)=N1. The van der Waals surface area contributed by atoms with Crippen LogP contribution in [0.1, 0.15) is 19.3 Å². The molecule has 0 aliphatic carbocycles. The van der Waals surface area contributed by atoms with E-state index in [1.807, 2.05) is 53.4 Å². The van der Waals surface area contributed by atoms with Crippen LogP contribution in [0.5, 0.6) is 5.75 Å². The van der Waals surface area contributed by atoms with E-state index in [1.165, 1.54) is 0 Å². The van der Waals surface area contributed by atoms with Crippen LogP contribution in [0.2, 0.25) is 5.02 Å². The normalized spacial score (nSPS) is 18.5. The zero-order valence-electron chi connectivity index (χ0n) is 13.8. The second-order valence-electron chi connectivity index (χ2n) is 6.17. The Morgan fingerprint density at radius 1 is 1.38 bits per heavy atom. The number of benzene rings is 1. The lowest BCUT2D eigenvalue weighted by Crippen LogP contribution is -2.42. The van der Waals surface area contributed by atoms with Gasteiger partial charge in [-0.15, -0.1) is 0 Å². The van der Waals surface area contributed by atoms with Crippen molar-refractivity contribution in [3.8, 4) is 5.75 Å². The number of carbonyl (C=O) groups is 1. The number of ether oxygens (including phenoxy) is 1. The molecule has 0 spiro atoms. The van der Waals surface area contributed by atoms with Crippen molar-refractivity contribution in [2.24, 2.45) is 5.10 Å². The summed E-state index contributed by atoms with van der Waals surface area (Å²) in [5.41, 5.74) is 0.825. The second-order valence-corrected chi connectivity index (χ2v) is 6.60. The lowest BCUT2D eigenvalue weighted by Gasteiger charge is -2.32. The van der Waals surface area contributed by atoms with Crippen molar-refractivity contribution in [2.45, 2.75) is 25.4 Å². The smallest absolute Gasteiger partial charge is 0.228 e. The molecule has 128 valence electrons. The van der Waals surface area contributed by atoms with Gasteiger partial charge < -0.3 is 9.64 Å². The van der Waals surface area contributed by atoms with Gasteiger partial charge in [-0.3, -0.25) is 9.80 Å². The molecular formula is C18H22ClN3O2. The minimum atomic E-state index is 0.130. The van der Waals surface area contributed by atoms with Crippen molar-refractivity contribution in [1.29, 1.82) is 0 Å². The highest BCUT2D eigenvalue weighted by molar-refractivity contribution is 6.30. The highest BCUT2D eigenvalue weighted by Gasteiger charge is 2.24. The van der Waals surface area contributed by atoms with Gasteiger partial charge in [-0.25, -0.2) is 0 Å².